The molecule has 0 aliphatic carbocycles. The van der Waals surface area contributed by atoms with Crippen LogP contribution >= 0.6 is 0 Å². The lowest BCUT2D eigenvalue weighted by atomic mass is 10.1. The Morgan fingerprint density at radius 2 is 1.96 bits per heavy atom. The van der Waals surface area contributed by atoms with Crippen molar-refractivity contribution in [2.75, 3.05) is 20.8 Å². The topological polar surface area (TPSA) is 56.8 Å². The number of hydrogen-bond acceptors (Lipinski definition) is 4. The van der Waals surface area contributed by atoms with E-state index in [2.05, 4.69) is 5.32 Å². The molecule has 0 bridgehead atoms. The molecule has 0 fully saturated rings. The molecule has 5 heteroatoms. The van der Waals surface area contributed by atoms with Crippen LogP contribution in [-0.4, -0.2) is 26.7 Å². The third-order valence-electron chi connectivity index (χ3n) is 3.85. The lowest BCUT2D eigenvalue weighted by Crippen LogP contribution is -2.28. The maximum atomic E-state index is 12.4. The van der Waals surface area contributed by atoms with Crippen LogP contribution in [0.4, 0.5) is 0 Å². The Bertz CT molecular complexity index is 783. The SMILES string of the molecule is COc1cccc(CNC(=O)C2=Cc3ccccc3OC2)c1OC. The molecule has 0 atom stereocenters. The highest BCUT2D eigenvalue weighted by atomic mass is 16.5. The van der Waals surface area contributed by atoms with Gasteiger partial charge >= 0.3 is 0 Å². The zero-order chi connectivity index (χ0) is 16.9. The first-order valence-electron chi connectivity index (χ1n) is 7.63. The number of carbonyl (C=O) groups is 1. The zero-order valence-corrected chi connectivity index (χ0v) is 13.7. The van der Waals surface area contributed by atoms with E-state index >= 15 is 0 Å². The van der Waals surface area contributed by atoms with Crippen LogP contribution in [0.3, 0.4) is 0 Å². The van der Waals surface area contributed by atoms with Gasteiger partial charge < -0.3 is 19.5 Å². The summed E-state index contributed by atoms with van der Waals surface area (Å²) in [5.41, 5.74) is 2.35. The van der Waals surface area contributed by atoms with Gasteiger partial charge in [-0.25, -0.2) is 0 Å². The van der Waals surface area contributed by atoms with Gasteiger partial charge in [-0.05, 0) is 18.2 Å². The number of fused-ring (bicyclic) bond motifs is 1. The number of hydrogen-bond donors (Lipinski definition) is 1. The van der Waals surface area contributed by atoms with E-state index in [1.165, 1.54) is 0 Å². The van der Waals surface area contributed by atoms with Crippen molar-refractivity contribution in [1.29, 1.82) is 0 Å². The summed E-state index contributed by atoms with van der Waals surface area (Å²) in [5.74, 6) is 1.90. The fourth-order valence-electron chi connectivity index (χ4n) is 2.63. The summed E-state index contributed by atoms with van der Waals surface area (Å²) in [7, 11) is 3.17. The Kier molecular flexibility index (Phi) is 4.70. The van der Waals surface area contributed by atoms with Crippen molar-refractivity contribution in [3.05, 3.63) is 59.2 Å². The molecule has 1 amide bonds. The van der Waals surface area contributed by atoms with Gasteiger partial charge in [-0.15, -0.1) is 0 Å². The van der Waals surface area contributed by atoms with Crippen molar-refractivity contribution in [3.63, 3.8) is 0 Å². The molecule has 3 rings (SSSR count). The largest absolute Gasteiger partial charge is 0.493 e. The van der Waals surface area contributed by atoms with Crippen LogP contribution < -0.4 is 19.5 Å². The molecule has 0 saturated carbocycles. The summed E-state index contributed by atoms with van der Waals surface area (Å²) in [6.07, 6.45) is 1.86. The van der Waals surface area contributed by atoms with Gasteiger partial charge in [0.2, 0.25) is 0 Å². The van der Waals surface area contributed by atoms with Crippen molar-refractivity contribution >= 4 is 12.0 Å². The molecule has 24 heavy (non-hydrogen) atoms. The average Bonchev–Trinajstić information content (AvgIpc) is 2.65. The highest BCUT2D eigenvalue weighted by molar-refractivity contribution is 5.99. The molecule has 1 N–H and O–H groups in total. The maximum absolute atomic E-state index is 12.4. The highest BCUT2D eigenvalue weighted by Gasteiger charge is 2.17. The highest BCUT2D eigenvalue weighted by Crippen LogP contribution is 2.30. The Morgan fingerprint density at radius 1 is 1.12 bits per heavy atom. The number of amides is 1. The summed E-state index contributed by atoms with van der Waals surface area (Å²) in [6.45, 7) is 0.607. The van der Waals surface area contributed by atoms with Crippen molar-refractivity contribution in [1.82, 2.24) is 5.32 Å². The number of para-hydroxylation sites is 2. The van der Waals surface area contributed by atoms with Crippen LogP contribution in [0, 0.1) is 0 Å². The molecule has 2 aromatic rings. The third kappa shape index (κ3) is 3.20. The Labute approximate surface area is 140 Å². The Hall–Kier alpha value is -2.95. The van der Waals surface area contributed by atoms with Crippen LogP contribution in [0.25, 0.3) is 6.08 Å². The summed E-state index contributed by atoms with van der Waals surface area (Å²) < 4.78 is 16.3. The van der Waals surface area contributed by atoms with E-state index in [9.17, 15) is 4.79 Å². The van der Waals surface area contributed by atoms with Crippen molar-refractivity contribution in [3.8, 4) is 17.2 Å². The minimum absolute atomic E-state index is 0.158. The molecule has 1 aliphatic heterocycles. The van der Waals surface area contributed by atoms with Crippen LogP contribution in [-0.2, 0) is 11.3 Å². The van der Waals surface area contributed by atoms with E-state index < -0.39 is 0 Å². The molecule has 0 unspecified atom stereocenters. The number of benzene rings is 2. The van der Waals surface area contributed by atoms with Crippen LogP contribution in [0.2, 0.25) is 0 Å². The van der Waals surface area contributed by atoms with E-state index in [1.54, 1.807) is 14.2 Å². The van der Waals surface area contributed by atoms with Gasteiger partial charge in [-0.2, -0.15) is 0 Å². The van der Waals surface area contributed by atoms with Gasteiger partial charge in [-0.3, -0.25) is 4.79 Å². The average molecular weight is 325 g/mol. The van der Waals surface area contributed by atoms with Gasteiger partial charge in [0.1, 0.15) is 12.4 Å². The first-order valence-corrected chi connectivity index (χ1v) is 7.63. The van der Waals surface area contributed by atoms with Gasteiger partial charge in [0.05, 0.1) is 19.8 Å². The number of rotatable bonds is 5. The second-order valence-electron chi connectivity index (χ2n) is 5.33. The van der Waals surface area contributed by atoms with Crippen LogP contribution in [0.15, 0.2) is 48.0 Å². The maximum Gasteiger partial charge on any atom is 0.250 e. The zero-order valence-electron chi connectivity index (χ0n) is 13.7. The number of ether oxygens (including phenoxy) is 3. The summed E-state index contributed by atoms with van der Waals surface area (Å²) >= 11 is 0. The first-order chi connectivity index (χ1) is 11.7. The first kappa shape index (κ1) is 15.9. The lowest BCUT2D eigenvalue weighted by molar-refractivity contribution is -0.117. The Balaban J connectivity index is 1.72. The third-order valence-corrected chi connectivity index (χ3v) is 3.85. The van der Waals surface area contributed by atoms with E-state index in [-0.39, 0.29) is 12.5 Å². The quantitative estimate of drug-likeness (QED) is 0.918. The molecule has 5 nitrogen and oxygen atoms in total. The second-order valence-corrected chi connectivity index (χ2v) is 5.33. The summed E-state index contributed by atoms with van der Waals surface area (Å²) in [4.78, 5) is 12.4. The van der Waals surface area contributed by atoms with E-state index in [1.807, 2.05) is 48.5 Å². The minimum atomic E-state index is -0.158. The van der Waals surface area contributed by atoms with E-state index in [0.29, 0.717) is 23.6 Å². The predicted molar refractivity (Wildman–Crippen MR) is 91.3 cm³/mol. The molecule has 0 saturated heterocycles. The standard InChI is InChI=1S/C19H19NO4/c1-22-17-9-5-7-14(18(17)23-2)11-20-19(21)15-10-13-6-3-4-8-16(13)24-12-15/h3-10H,11-12H2,1-2H3,(H,20,21). The molecular formula is C19H19NO4. The van der Waals surface area contributed by atoms with E-state index in [4.69, 9.17) is 14.2 Å². The van der Waals surface area contributed by atoms with E-state index in [0.717, 1.165) is 16.9 Å². The minimum Gasteiger partial charge on any atom is -0.493 e. The molecular weight excluding hydrogens is 306 g/mol. The smallest absolute Gasteiger partial charge is 0.250 e. The van der Waals surface area contributed by atoms with Crippen molar-refractivity contribution in [2.24, 2.45) is 0 Å². The fraction of sp³-hybridized carbons (Fsp3) is 0.211. The molecule has 2 aromatic carbocycles. The molecule has 0 aromatic heterocycles. The van der Waals surface area contributed by atoms with Crippen molar-refractivity contribution < 1.29 is 19.0 Å². The number of carbonyl (C=O) groups excluding carboxylic acids is 1. The molecule has 1 aliphatic rings. The van der Waals surface area contributed by atoms with Gasteiger partial charge in [0.15, 0.2) is 11.5 Å². The molecule has 0 radical (unpaired) electrons. The monoisotopic (exact) mass is 325 g/mol. The van der Waals surface area contributed by atoms with Crippen LogP contribution in [0.1, 0.15) is 11.1 Å². The second kappa shape index (κ2) is 7.08. The molecule has 0 spiro atoms. The number of nitrogens with one attached hydrogen (secondary N) is 1. The van der Waals surface area contributed by atoms with Crippen molar-refractivity contribution in [2.45, 2.75) is 6.54 Å². The molecule has 1 heterocycles. The van der Waals surface area contributed by atoms with Crippen LogP contribution in [0.5, 0.6) is 17.2 Å². The predicted octanol–water partition coefficient (Wildman–Crippen LogP) is 2.80. The van der Waals surface area contributed by atoms with Gasteiger partial charge in [0.25, 0.3) is 5.91 Å². The normalized spacial score (nSPS) is 12.5. The number of methoxy groups -OCH3 is 2. The lowest BCUT2D eigenvalue weighted by Gasteiger charge is -2.18. The van der Waals surface area contributed by atoms with Gasteiger partial charge in [-0.1, -0.05) is 30.3 Å². The van der Waals surface area contributed by atoms with Gasteiger partial charge in [0, 0.05) is 17.7 Å². The Morgan fingerprint density at radius 3 is 2.75 bits per heavy atom. The fourth-order valence-corrected chi connectivity index (χ4v) is 2.63. The summed E-state index contributed by atoms with van der Waals surface area (Å²) in [5, 5.41) is 2.90. The summed E-state index contributed by atoms with van der Waals surface area (Å²) in [6, 6.07) is 13.2. The molecule has 124 valence electrons.